The van der Waals surface area contributed by atoms with Crippen molar-refractivity contribution in [3.8, 4) is 5.75 Å². The van der Waals surface area contributed by atoms with Crippen LogP contribution in [-0.4, -0.2) is 32.6 Å². The molecule has 0 aliphatic rings. The zero-order chi connectivity index (χ0) is 13.4. The van der Waals surface area contributed by atoms with Crippen LogP contribution in [0, 0.1) is 0 Å². The van der Waals surface area contributed by atoms with E-state index in [4.69, 9.17) is 4.74 Å². The van der Waals surface area contributed by atoms with Gasteiger partial charge in [0.05, 0.1) is 12.8 Å². The normalized spacial score (nSPS) is 10.7. The van der Waals surface area contributed by atoms with Crippen LogP contribution < -0.4 is 10.1 Å². The number of nitrogens with zero attached hydrogens (tertiary/aromatic N) is 1. The Bertz CT molecular complexity index is 350. The molecule has 3 nitrogen and oxygen atoms in total. The van der Waals surface area contributed by atoms with E-state index in [2.05, 4.69) is 43.4 Å². The van der Waals surface area contributed by atoms with Gasteiger partial charge in [0.25, 0.3) is 0 Å². The second-order valence-corrected chi connectivity index (χ2v) is 4.91. The lowest BCUT2D eigenvalue weighted by Gasteiger charge is -2.15. The topological polar surface area (TPSA) is 24.5 Å². The number of hydrogen-bond acceptors (Lipinski definition) is 3. The van der Waals surface area contributed by atoms with Gasteiger partial charge in [-0.05, 0) is 38.2 Å². The summed E-state index contributed by atoms with van der Waals surface area (Å²) < 4.78 is 5.39. The van der Waals surface area contributed by atoms with Crippen LogP contribution in [0.25, 0.3) is 0 Å². The van der Waals surface area contributed by atoms with Crippen LogP contribution in [0.3, 0.4) is 0 Å². The van der Waals surface area contributed by atoms with Gasteiger partial charge in [-0.3, -0.25) is 0 Å². The molecule has 0 heterocycles. The molecular weight excluding hydrogens is 224 g/mol. The highest BCUT2D eigenvalue weighted by atomic mass is 16.5. The van der Waals surface area contributed by atoms with E-state index in [-0.39, 0.29) is 0 Å². The summed E-state index contributed by atoms with van der Waals surface area (Å²) in [5.74, 6) is 0.925. The fourth-order valence-electron chi connectivity index (χ4n) is 1.95. The molecule has 3 heteroatoms. The molecule has 18 heavy (non-hydrogen) atoms. The minimum atomic E-state index is 0.925. The molecule has 102 valence electrons. The van der Waals surface area contributed by atoms with E-state index in [1.807, 2.05) is 6.07 Å². The molecule has 0 saturated heterocycles. The van der Waals surface area contributed by atoms with Crippen molar-refractivity contribution in [2.24, 2.45) is 0 Å². The first-order chi connectivity index (χ1) is 8.67. The number of unbranched alkanes of at least 4 members (excludes halogenated alkanes) is 2. The van der Waals surface area contributed by atoms with Crippen LogP contribution in [0.5, 0.6) is 5.75 Å². The van der Waals surface area contributed by atoms with Gasteiger partial charge in [-0.2, -0.15) is 0 Å². The summed E-state index contributed by atoms with van der Waals surface area (Å²) in [6.45, 7) is 4.18. The van der Waals surface area contributed by atoms with Crippen LogP contribution in [0.4, 0.5) is 5.69 Å². The van der Waals surface area contributed by atoms with Gasteiger partial charge >= 0.3 is 0 Å². The number of rotatable bonds is 8. The fraction of sp³-hybridized carbons (Fsp3) is 0.600. The first-order valence-corrected chi connectivity index (χ1v) is 6.73. The van der Waals surface area contributed by atoms with Crippen molar-refractivity contribution >= 4 is 5.69 Å². The van der Waals surface area contributed by atoms with Crippen molar-refractivity contribution in [2.45, 2.75) is 32.7 Å². The van der Waals surface area contributed by atoms with Crippen molar-refractivity contribution < 1.29 is 4.74 Å². The molecule has 0 amide bonds. The van der Waals surface area contributed by atoms with Crippen LogP contribution in [0.1, 0.15) is 31.7 Å². The maximum Gasteiger partial charge on any atom is 0.141 e. The predicted molar refractivity (Wildman–Crippen MR) is 78.4 cm³/mol. The van der Waals surface area contributed by atoms with Crippen LogP contribution >= 0.6 is 0 Å². The van der Waals surface area contributed by atoms with E-state index in [0.717, 1.165) is 24.5 Å². The summed E-state index contributed by atoms with van der Waals surface area (Å²) in [6.07, 6.45) is 3.73. The average molecular weight is 250 g/mol. The van der Waals surface area contributed by atoms with Crippen molar-refractivity contribution in [3.05, 3.63) is 23.8 Å². The summed E-state index contributed by atoms with van der Waals surface area (Å²) in [6, 6.07) is 6.35. The zero-order valence-electron chi connectivity index (χ0n) is 12.1. The average Bonchev–Trinajstić information content (AvgIpc) is 2.34. The standard InChI is InChI=1S/C15H26N2O/c1-5-6-7-10-16-14-11-13(12-17(2)3)8-9-15(14)18-4/h8-9,11,16H,5-7,10,12H2,1-4H3. The molecule has 0 fully saturated rings. The zero-order valence-corrected chi connectivity index (χ0v) is 12.1. The molecule has 0 radical (unpaired) electrons. The summed E-state index contributed by atoms with van der Waals surface area (Å²) in [5, 5.41) is 3.47. The van der Waals surface area contributed by atoms with Gasteiger partial charge < -0.3 is 15.0 Å². The minimum Gasteiger partial charge on any atom is -0.495 e. The molecule has 1 N–H and O–H groups in total. The Labute approximate surface area is 111 Å². The highest BCUT2D eigenvalue weighted by molar-refractivity contribution is 5.58. The minimum absolute atomic E-state index is 0.925. The Balaban J connectivity index is 2.66. The molecule has 0 unspecified atom stereocenters. The number of ether oxygens (including phenoxy) is 1. The molecule has 0 aromatic heterocycles. The SMILES string of the molecule is CCCCCNc1cc(CN(C)C)ccc1OC. The molecule has 0 aliphatic carbocycles. The molecule has 0 bridgehead atoms. The second-order valence-electron chi connectivity index (χ2n) is 4.91. The predicted octanol–water partition coefficient (Wildman–Crippen LogP) is 3.36. The van der Waals surface area contributed by atoms with Crippen molar-refractivity contribution in [1.82, 2.24) is 4.90 Å². The first kappa shape index (κ1) is 14.8. The number of nitrogens with one attached hydrogen (secondary N) is 1. The lowest BCUT2D eigenvalue weighted by Crippen LogP contribution is -2.11. The van der Waals surface area contributed by atoms with E-state index in [9.17, 15) is 0 Å². The van der Waals surface area contributed by atoms with E-state index >= 15 is 0 Å². The van der Waals surface area contributed by atoms with Gasteiger partial charge in [-0.15, -0.1) is 0 Å². The number of anilines is 1. The number of benzene rings is 1. The highest BCUT2D eigenvalue weighted by Crippen LogP contribution is 2.25. The summed E-state index contributed by atoms with van der Waals surface area (Å²) in [7, 11) is 5.88. The van der Waals surface area contributed by atoms with Gasteiger partial charge in [-0.1, -0.05) is 25.8 Å². The number of hydrogen-bond donors (Lipinski definition) is 1. The van der Waals surface area contributed by atoms with E-state index in [1.54, 1.807) is 7.11 Å². The smallest absolute Gasteiger partial charge is 0.141 e. The third kappa shape index (κ3) is 4.96. The molecule has 1 aromatic carbocycles. The monoisotopic (exact) mass is 250 g/mol. The van der Waals surface area contributed by atoms with Crippen molar-refractivity contribution in [3.63, 3.8) is 0 Å². The Hall–Kier alpha value is -1.22. The maximum atomic E-state index is 5.39. The Morgan fingerprint density at radius 1 is 1.22 bits per heavy atom. The quantitative estimate of drug-likeness (QED) is 0.716. The maximum absolute atomic E-state index is 5.39. The van der Waals surface area contributed by atoms with Crippen LogP contribution in [-0.2, 0) is 6.54 Å². The Morgan fingerprint density at radius 2 is 2.00 bits per heavy atom. The van der Waals surface area contributed by atoms with E-state index in [1.165, 1.54) is 24.8 Å². The van der Waals surface area contributed by atoms with E-state index < -0.39 is 0 Å². The molecule has 0 aliphatic heterocycles. The largest absolute Gasteiger partial charge is 0.495 e. The Morgan fingerprint density at radius 3 is 2.61 bits per heavy atom. The van der Waals surface area contributed by atoms with Crippen LogP contribution in [0.2, 0.25) is 0 Å². The third-order valence-electron chi connectivity index (χ3n) is 2.86. The number of methoxy groups -OCH3 is 1. The Kier molecular flexibility index (Phi) is 6.58. The molecule has 0 saturated carbocycles. The van der Waals surface area contributed by atoms with Crippen LogP contribution in [0.15, 0.2) is 18.2 Å². The molecule has 1 rings (SSSR count). The molecule has 0 spiro atoms. The molecule has 1 aromatic rings. The van der Waals surface area contributed by atoms with Crippen molar-refractivity contribution in [2.75, 3.05) is 33.1 Å². The lowest BCUT2D eigenvalue weighted by atomic mass is 10.1. The van der Waals surface area contributed by atoms with Gasteiger partial charge in [0.2, 0.25) is 0 Å². The molecule has 0 atom stereocenters. The lowest BCUT2D eigenvalue weighted by molar-refractivity contribution is 0.400. The third-order valence-corrected chi connectivity index (χ3v) is 2.86. The van der Waals surface area contributed by atoms with Gasteiger partial charge in [0.1, 0.15) is 5.75 Å². The first-order valence-electron chi connectivity index (χ1n) is 6.73. The summed E-state index contributed by atoms with van der Waals surface area (Å²) in [4.78, 5) is 2.17. The fourth-order valence-corrected chi connectivity index (χ4v) is 1.95. The van der Waals surface area contributed by atoms with E-state index in [0.29, 0.717) is 0 Å². The van der Waals surface area contributed by atoms with Crippen molar-refractivity contribution in [1.29, 1.82) is 0 Å². The van der Waals surface area contributed by atoms with Gasteiger partial charge in [0, 0.05) is 13.1 Å². The van der Waals surface area contributed by atoms with Gasteiger partial charge in [0.15, 0.2) is 0 Å². The van der Waals surface area contributed by atoms with Gasteiger partial charge in [-0.25, -0.2) is 0 Å². The summed E-state index contributed by atoms with van der Waals surface area (Å²) in [5.41, 5.74) is 2.41. The summed E-state index contributed by atoms with van der Waals surface area (Å²) >= 11 is 0. The molecular formula is C15H26N2O. The second kappa shape index (κ2) is 7.98. The highest BCUT2D eigenvalue weighted by Gasteiger charge is 2.04.